The maximum Gasteiger partial charge on any atom is 0.317 e. The Kier molecular flexibility index (Phi) is 6.95. The minimum atomic E-state index is -3.55. The molecule has 134 valence electrons. The van der Waals surface area contributed by atoms with Crippen LogP contribution in [0.2, 0.25) is 5.02 Å². The van der Waals surface area contributed by atoms with Gasteiger partial charge in [-0.25, -0.2) is 13.1 Å². The first-order valence-electron chi connectivity index (χ1n) is 7.62. The fraction of sp³-hybridized carbons (Fsp3) is 0.235. The highest BCUT2D eigenvalue weighted by molar-refractivity contribution is 7.89. The van der Waals surface area contributed by atoms with Gasteiger partial charge in [0.1, 0.15) is 0 Å². The van der Waals surface area contributed by atoms with E-state index in [0.717, 1.165) is 11.1 Å². The molecule has 0 aliphatic carbocycles. The van der Waals surface area contributed by atoms with E-state index >= 15 is 0 Å². The van der Waals surface area contributed by atoms with E-state index in [0.29, 0.717) is 18.0 Å². The first kappa shape index (κ1) is 19.4. The average molecular weight is 383 g/mol. The first-order chi connectivity index (χ1) is 11.9. The van der Waals surface area contributed by atoms with Crippen LogP contribution in [0, 0.1) is 0 Å². The van der Waals surface area contributed by atoms with E-state index in [2.05, 4.69) is 10.0 Å². The van der Waals surface area contributed by atoms with Crippen LogP contribution in [0.4, 0.5) is 0 Å². The molecule has 0 aromatic heterocycles. The summed E-state index contributed by atoms with van der Waals surface area (Å²) in [5, 5.41) is 11.9. The number of sulfonamides is 1. The van der Waals surface area contributed by atoms with Gasteiger partial charge in [0.2, 0.25) is 10.0 Å². The molecule has 0 heterocycles. The molecule has 0 bridgehead atoms. The number of rotatable bonds is 9. The summed E-state index contributed by atoms with van der Waals surface area (Å²) in [6.45, 7) is 0.658. The van der Waals surface area contributed by atoms with Gasteiger partial charge < -0.3 is 10.4 Å². The van der Waals surface area contributed by atoms with Gasteiger partial charge in [0.25, 0.3) is 0 Å². The summed E-state index contributed by atoms with van der Waals surface area (Å²) < 4.78 is 26.9. The van der Waals surface area contributed by atoms with Crippen molar-refractivity contribution in [2.45, 2.75) is 17.9 Å². The zero-order chi connectivity index (χ0) is 18.3. The highest BCUT2D eigenvalue weighted by Crippen LogP contribution is 2.14. The Morgan fingerprint density at radius 3 is 2.20 bits per heavy atom. The second-order valence-corrected chi connectivity index (χ2v) is 7.62. The summed E-state index contributed by atoms with van der Waals surface area (Å²) in [6, 6.07) is 13.6. The molecule has 0 amide bonds. The molecule has 0 spiro atoms. The highest BCUT2D eigenvalue weighted by Gasteiger charge is 2.12. The molecule has 6 nitrogen and oxygen atoms in total. The standard InChI is InChI=1S/C17H19ClN2O4S/c18-15-5-7-16(8-6-15)25(23,24)20-10-9-13-1-3-14(4-2-13)11-19-12-17(21)22/h1-8,19-20H,9-12H2,(H,21,22). The molecule has 2 aromatic rings. The molecule has 2 rings (SSSR count). The predicted octanol–water partition coefficient (Wildman–Crippen LogP) is 2.04. The van der Waals surface area contributed by atoms with Gasteiger partial charge in [-0.2, -0.15) is 0 Å². The number of benzene rings is 2. The van der Waals surface area contributed by atoms with Crippen molar-refractivity contribution < 1.29 is 18.3 Å². The number of nitrogens with one attached hydrogen (secondary N) is 2. The predicted molar refractivity (Wildman–Crippen MR) is 96.1 cm³/mol. The molecule has 0 unspecified atom stereocenters. The van der Waals surface area contributed by atoms with Crippen molar-refractivity contribution >= 4 is 27.6 Å². The van der Waals surface area contributed by atoms with Crippen molar-refractivity contribution in [3.8, 4) is 0 Å². The summed E-state index contributed by atoms with van der Waals surface area (Å²) in [6.07, 6.45) is 0.551. The molecule has 0 atom stereocenters. The SMILES string of the molecule is O=C(O)CNCc1ccc(CCNS(=O)(=O)c2ccc(Cl)cc2)cc1. The third kappa shape index (κ3) is 6.47. The van der Waals surface area contributed by atoms with Crippen LogP contribution in [0.25, 0.3) is 0 Å². The summed E-state index contributed by atoms with van der Waals surface area (Å²) >= 11 is 5.76. The second-order valence-electron chi connectivity index (χ2n) is 5.42. The second kappa shape index (κ2) is 8.96. The quantitative estimate of drug-likeness (QED) is 0.616. The summed E-state index contributed by atoms with van der Waals surface area (Å²) in [5.41, 5.74) is 1.95. The Labute approximate surface area is 151 Å². The minimum absolute atomic E-state index is 0.0891. The summed E-state index contributed by atoms with van der Waals surface area (Å²) in [4.78, 5) is 10.6. The normalized spacial score (nSPS) is 11.4. The van der Waals surface area contributed by atoms with E-state index in [-0.39, 0.29) is 18.0 Å². The zero-order valence-corrected chi connectivity index (χ0v) is 15.0. The Morgan fingerprint density at radius 1 is 1.00 bits per heavy atom. The highest BCUT2D eigenvalue weighted by atomic mass is 35.5. The number of hydrogen-bond acceptors (Lipinski definition) is 4. The molecule has 8 heteroatoms. The largest absolute Gasteiger partial charge is 0.480 e. The number of carboxylic acid groups (broad SMARTS) is 1. The Balaban J connectivity index is 1.83. The van der Waals surface area contributed by atoms with Gasteiger partial charge in [0, 0.05) is 18.1 Å². The Bertz CT molecular complexity index is 806. The molecule has 0 saturated carbocycles. The molecule has 25 heavy (non-hydrogen) atoms. The summed E-state index contributed by atoms with van der Waals surface area (Å²) in [7, 11) is -3.55. The van der Waals surface area contributed by atoms with Crippen LogP contribution in [-0.2, 0) is 27.8 Å². The van der Waals surface area contributed by atoms with E-state index in [1.807, 2.05) is 24.3 Å². The number of hydrogen-bond donors (Lipinski definition) is 3. The molecule has 0 saturated heterocycles. The maximum atomic E-state index is 12.2. The van der Waals surface area contributed by atoms with Crippen molar-refractivity contribution in [1.29, 1.82) is 0 Å². The van der Waals surface area contributed by atoms with Gasteiger partial charge >= 0.3 is 5.97 Å². The van der Waals surface area contributed by atoms with Crippen LogP contribution in [-0.4, -0.2) is 32.6 Å². The number of carbonyl (C=O) groups is 1. The Hall–Kier alpha value is -1.93. The molecule has 0 radical (unpaired) electrons. The lowest BCUT2D eigenvalue weighted by atomic mass is 10.1. The van der Waals surface area contributed by atoms with Crippen LogP contribution in [0.3, 0.4) is 0 Å². The fourth-order valence-electron chi connectivity index (χ4n) is 2.16. The molecular weight excluding hydrogens is 364 g/mol. The van der Waals surface area contributed by atoms with Gasteiger partial charge in [-0.05, 0) is 41.8 Å². The molecule has 0 fully saturated rings. The molecule has 2 aromatic carbocycles. The topological polar surface area (TPSA) is 95.5 Å². The van der Waals surface area contributed by atoms with Crippen LogP contribution in [0.1, 0.15) is 11.1 Å². The fourth-order valence-corrected chi connectivity index (χ4v) is 3.32. The smallest absolute Gasteiger partial charge is 0.317 e. The number of aliphatic carboxylic acids is 1. The zero-order valence-electron chi connectivity index (χ0n) is 13.4. The lowest BCUT2D eigenvalue weighted by molar-refractivity contribution is -0.136. The maximum absolute atomic E-state index is 12.2. The van der Waals surface area contributed by atoms with Gasteiger partial charge in [-0.1, -0.05) is 35.9 Å². The van der Waals surface area contributed by atoms with Gasteiger partial charge in [-0.15, -0.1) is 0 Å². The van der Waals surface area contributed by atoms with E-state index in [4.69, 9.17) is 16.7 Å². The van der Waals surface area contributed by atoms with E-state index < -0.39 is 16.0 Å². The van der Waals surface area contributed by atoms with Crippen LogP contribution < -0.4 is 10.0 Å². The molecule has 0 aliphatic heterocycles. The lowest BCUT2D eigenvalue weighted by Crippen LogP contribution is -2.26. The molecule has 3 N–H and O–H groups in total. The van der Waals surface area contributed by atoms with Crippen LogP contribution >= 0.6 is 11.6 Å². The average Bonchev–Trinajstić information content (AvgIpc) is 2.56. The van der Waals surface area contributed by atoms with Crippen molar-refractivity contribution in [3.05, 3.63) is 64.7 Å². The third-order valence-corrected chi connectivity index (χ3v) is 5.19. The first-order valence-corrected chi connectivity index (χ1v) is 9.48. The van der Waals surface area contributed by atoms with Gasteiger partial charge in [-0.3, -0.25) is 4.79 Å². The Morgan fingerprint density at radius 2 is 1.60 bits per heavy atom. The van der Waals surface area contributed by atoms with E-state index in [1.165, 1.54) is 24.3 Å². The number of carboxylic acids is 1. The molecular formula is C17H19ClN2O4S. The van der Waals surface area contributed by atoms with Crippen molar-refractivity contribution in [2.24, 2.45) is 0 Å². The molecule has 0 aliphatic rings. The van der Waals surface area contributed by atoms with Crippen LogP contribution in [0.5, 0.6) is 0 Å². The van der Waals surface area contributed by atoms with Crippen LogP contribution in [0.15, 0.2) is 53.4 Å². The van der Waals surface area contributed by atoms with Crippen molar-refractivity contribution in [2.75, 3.05) is 13.1 Å². The van der Waals surface area contributed by atoms with Gasteiger partial charge in [0.05, 0.1) is 11.4 Å². The minimum Gasteiger partial charge on any atom is -0.480 e. The third-order valence-electron chi connectivity index (χ3n) is 3.46. The summed E-state index contributed by atoms with van der Waals surface area (Å²) in [5.74, 6) is -0.899. The van der Waals surface area contributed by atoms with E-state index in [9.17, 15) is 13.2 Å². The van der Waals surface area contributed by atoms with Crippen molar-refractivity contribution in [1.82, 2.24) is 10.0 Å². The van der Waals surface area contributed by atoms with Gasteiger partial charge in [0.15, 0.2) is 0 Å². The number of halogens is 1. The van der Waals surface area contributed by atoms with E-state index in [1.54, 1.807) is 0 Å². The van der Waals surface area contributed by atoms with Crippen molar-refractivity contribution in [3.63, 3.8) is 0 Å². The lowest BCUT2D eigenvalue weighted by Gasteiger charge is -2.08. The monoisotopic (exact) mass is 382 g/mol.